The smallest absolute Gasteiger partial charge is 0.445 e. The molecule has 0 aromatic heterocycles. The molecule has 2 N–H and O–H groups in total. The fraction of sp³-hybridized carbons (Fsp3) is 0.125. The van der Waals surface area contributed by atoms with E-state index < -0.39 is 30.1 Å². The van der Waals surface area contributed by atoms with Gasteiger partial charge in [-0.2, -0.15) is 0 Å². The number of alkyl carbamates (subject to hydrolysis) is 1. The molecule has 9 nitrogen and oxygen atoms in total. The molecule has 0 fully saturated rings. The van der Waals surface area contributed by atoms with Crippen LogP contribution in [0.2, 0.25) is 0 Å². The van der Waals surface area contributed by atoms with Gasteiger partial charge in [0.25, 0.3) is 5.91 Å². The molecule has 0 saturated carbocycles. The Labute approximate surface area is 237 Å². The van der Waals surface area contributed by atoms with Gasteiger partial charge >= 0.3 is 12.2 Å². The predicted octanol–water partition coefficient (Wildman–Crippen LogP) is 5.20. The summed E-state index contributed by atoms with van der Waals surface area (Å²) in [6, 6.07) is 31.7. The molecule has 0 aliphatic heterocycles. The number of amides is 3. The molecule has 0 aliphatic carbocycles. The number of imide groups is 1. The van der Waals surface area contributed by atoms with Crippen molar-refractivity contribution in [1.29, 1.82) is 0 Å². The highest BCUT2D eigenvalue weighted by molar-refractivity contribution is 6.06. The zero-order chi connectivity index (χ0) is 28.9. The topological polar surface area (TPSA) is 120 Å². The van der Waals surface area contributed by atoms with Gasteiger partial charge in [-0.05, 0) is 41.0 Å². The summed E-state index contributed by atoms with van der Waals surface area (Å²) in [7, 11) is 0. The van der Waals surface area contributed by atoms with Crippen LogP contribution in [0.1, 0.15) is 27.0 Å². The molecular weight excluding hydrogens is 524 g/mol. The van der Waals surface area contributed by atoms with Gasteiger partial charge < -0.3 is 19.5 Å². The van der Waals surface area contributed by atoms with Gasteiger partial charge in [0.05, 0.1) is 0 Å². The molecule has 0 bridgehead atoms. The summed E-state index contributed by atoms with van der Waals surface area (Å²) in [6.07, 6.45) is -1.64. The molecule has 0 spiro atoms. The maximum Gasteiger partial charge on any atom is 0.514 e. The van der Waals surface area contributed by atoms with Crippen LogP contribution in [0.25, 0.3) is 0 Å². The number of rotatable bonds is 10. The summed E-state index contributed by atoms with van der Waals surface area (Å²) in [5.74, 6) is -1.07. The number of benzene rings is 4. The lowest BCUT2D eigenvalue weighted by Crippen LogP contribution is -2.49. The first-order valence-electron chi connectivity index (χ1n) is 12.8. The first-order valence-corrected chi connectivity index (χ1v) is 12.8. The van der Waals surface area contributed by atoms with E-state index in [1.54, 1.807) is 54.6 Å². The highest BCUT2D eigenvalue weighted by atomic mass is 16.7. The summed E-state index contributed by atoms with van der Waals surface area (Å²) < 4.78 is 15.6. The fourth-order valence-electron chi connectivity index (χ4n) is 3.75. The second-order valence-corrected chi connectivity index (χ2v) is 8.92. The van der Waals surface area contributed by atoms with E-state index in [1.165, 1.54) is 12.1 Å². The van der Waals surface area contributed by atoms with Crippen molar-refractivity contribution in [2.24, 2.45) is 0 Å². The second kappa shape index (κ2) is 14.6. The monoisotopic (exact) mass is 552 g/mol. The number of carbonyl (C=O) groups excluding carboxylic acids is 4. The average Bonchev–Trinajstić information content (AvgIpc) is 3.01. The highest BCUT2D eigenvalue weighted by Gasteiger charge is 2.24. The van der Waals surface area contributed by atoms with Crippen molar-refractivity contribution in [2.75, 3.05) is 0 Å². The standard InChI is InChI=1S/C32H28N2O7/c35-29(26-14-8-3-9-15-26)34-30(36)28(33-31(37)39-21-24-10-4-1-5-11-24)20-23-16-18-27(19-17-23)41-32(38)40-22-25-12-6-2-7-13-25/h1-19,28H,20-22H2,(H,33,37)(H,34,35,36)/t28-/m0/s1. The van der Waals surface area contributed by atoms with Crippen LogP contribution in [0, 0.1) is 0 Å². The first-order chi connectivity index (χ1) is 20.0. The minimum Gasteiger partial charge on any atom is -0.445 e. The van der Waals surface area contributed by atoms with E-state index in [-0.39, 0.29) is 25.4 Å². The van der Waals surface area contributed by atoms with Crippen LogP contribution in [0.4, 0.5) is 9.59 Å². The van der Waals surface area contributed by atoms with Crippen LogP contribution in [0.15, 0.2) is 115 Å². The average molecular weight is 553 g/mol. The van der Waals surface area contributed by atoms with Crippen LogP contribution >= 0.6 is 0 Å². The van der Waals surface area contributed by atoms with Crippen LogP contribution in [0.3, 0.4) is 0 Å². The minimum atomic E-state index is -1.13. The number of ether oxygens (including phenoxy) is 3. The lowest BCUT2D eigenvalue weighted by Gasteiger charge is -2.18. The third kappa shape index (κ3) is 9.36. The second-order valence-electron chi connectivity index (χ2n) is 8.92. The zero-order valence-electron chi connectivity index (χ0n) is 22.0. The van der Waals surface area contributed by atoms with Crippen molar-refractivity contribution < 1.29 is 33.4 Å². The third-order valence-corrected chi connectivity index (χ3v) is 5.86. The third-order valence-electron chi connectivity index (χ3n) is 5.86. The van der Waals surface area contributed by atoms with Gasteiger partial charge in [0, 0.05) is 12.0 Å². The van der Waals surface area contributed by atoms with Crippen molar-refractivity contribution in [3.63, 3.8) is 0 Å². The van der Waals surface area contributed by atoms with Gasteiger partial charge in [-0.25, -0.2) is 9.59 Å². The summed E-state index contributed by atoms with van der Waals surface area (Å²) in [4.78, 5) is 50.2. The lowest BCUT2D eigenvalue weighted by atomic mass is 10.0. The van der Waals surface area contributed by atoms with Crippen molar-refractivity contribution in [3.8, 4) is 5.75 Å². The Balaban J connectivity index is 1.37. The largest absolute Gasteiger partial charge is 0.514 e. The number of hydrogen-bond donors (Lipinski definition) is 2. The highest BCUT2D eigenvalue weighted by Crippen LogP contribution is 2.15. The van der Waals surface area contributed by atoms with E-state index in [1.807, 2.05) is 48.5 Å². The van der Waals surface area contributed by atoms with Crippen LogP contribution < -0.4 is 15.4 Å². The lowest BCUT2D eigenvalue weighted by molar-refractivity contribution is -0.122. The van der Waals surface area contributed by atoms with Gasteiger partial charge in [0.15, 0.2) is 0 Å². The molecule has 0 saturated heterocycles. The Kier molecular flexibility index (Phi) is 10.2. The van der Waals surface area contributed by atoms with Gasteiger partial charge in [-0.15, -0.1) is 0 Å². The molecule has 0 radical (unpaired) electrons. The van der Waals surface area contributed by atoms with Gasteiger partial charge in [-0.3, -0.25) is 14.9 Å². The molecule has 208 valence electrons. The fourth-order valence-corrected chi connectivity index (χ4v) is 3.75. The van der Waals surface area contributed by atoms with Crippen molar-refractivity contribution in [2.45, 2.75) is 25.7 Å². The van der Waals surface area contributed by atoms with E-state index in [2.05, 4.69) is 10.6 Å². The molecule has 3 amide bonds. The van der Waals surface area contributed by atoms with E-state index in [0.29, 0.717) is 11.1 Å². The van der Waals surface area contributed by atoms with Crippen LogP contribution in [-0.4, -0.2) is 30.1 Å². The van der Waals surface area contributed by atoms with Crippen LogP contribution in [0.5, 0.6) is 5.75 Å². The molecule has 0 aliphatic rings. The normalized spacial score (nSPS) is 11.0. The molecule has 4 rings (SSSR count). The van der Waals surface area contributed by atoms with Gasteiger partial charge in [0.2, 0.25) is 5.91 Å². The molecule has 4 aromatic carbocycles. The molecule has 4 aromatic rings. The number of nitrogens with one attached hydrogen (secondary N) is 2. The molecular formula is C32H28N2O7. The number of hydrogen-bond acceptors (Lipinski definition) is 7. The summed E-state index contributed by atoms with van der Waals surface area (Å²) in [6.45, 7) is 0.0820. The molecule has 1 atom stereocenters. The van der Waals surface area contributed by atoms with E-state index >= 15 is 0 Å². The summed E-state index contributed by atoms with van der Waals surface area (Å²) in [5, 5.41) is 4.87. The summed E-state index contributed by atoms with van der Waals surface area (Å²) in [5.41, 5.74) is 2.53. The molecule has 0 unspecified atom stereocenters. The summed E-state index contributed by atoms with van der Waals surface area (Å²) >= 11 is 0. The Morgan fingerprint density at radius 3 is 1.73 bits per heavy atom. The van der Waals surface area contributed by atoms with Gasteiger partial charge in [-0.1, -0.05) is 91.0 Å². The van der Waals surface area contributed by atoms with Crippen LogP contribution in [-0.2, 0) is 33.9 Å². The molecule has 9 heteroatoms. The Morgan fingerprint density at radius 1 is 0.610 bits per heavy atom. The predicted molar refractivity (Wildman–Crippen MR) is 150 cm³/mol. The SMILES string of the molecule is O=C(N[C@@H](Cc1ccc(OC(=O)OCc2ccccc2)cc1)C(=O)NC(=O)c1ccccc1)OCc1ccccc1. The maximum atomic E-state index is 13.1. The Bertz CT molecular complexity index is 1440. The van der Waals surface area contributed by atoms with E-state index in [9.17, 15) is 19.2 Å². The van der Waals surface area contributed by atoms with Crippen molar-refractivity contribution >= 4 is 24.1 Å². The zero-order valence-corrected chi connectivity index (χ0v) is 22.0. The first kappa shape index (κ1) is 28.6. The van der Waals surface area contributed by atoms with Crippen molar-refractivity contribution in [1.82, 2.24) is 10.6 Å². The Hall–Kier alpha value is -5.44. The van der Waals surface area contributed by atoms with E-state index in [4.69, 9.17) is 14.2 Å². The minimum absolute atomic E-state index is 0.0103. The number of carbonyl (C=O) groups is 4. The Morgan fingerprint density at radius 2 is 1.15 bits per heavy atom. The maximum absolute atomic E-state index is 13.1. The van der Waals surface area contributed by atoms with E-state index in [0.717, 1.165) is 11.1 Å². The molecule has 41 heavy (non-hydrogen) atoms. The molecule has 0 heterocycles. The van der Waals surface area contributed by atoms with Gasteiger partial charge in [0.1, 0.15) is 25.0 Å². The quantitative estimate of drug-likeness (QED) is 0.205. The van der Waals surface area contributed by atoms with Crippen molar-refractivity contribution in [3.05, 3.63) is 138 Å².